The number of H-pyrrole nitrogens is 2. The number of nitrogens with two attached hydrogens (primary N) is 3. The smallest absolute Gasteiger partial charge is 0.408 e. The first kappa shape index (κ1) is 54.2. The Kier molecular flexibility index (Phi) is 16.5. The highest BCUT2D eigenvalue weighted by Crippen LogP contribution is 2.38. The first-order valence-electron chi connectivity index (χ1n) is 26.4. The molecule has 0 saturated heterocycles. The zero-order chi connectivity index (χ0) is 56.4. The van der Waals surface area contributed by atoms with Crippen LogP contribution in [-0.4, -0.2) is 33.6 Å². The highest BCUT2D eigenvalue weighted by molar-refractivity contribution is 7.16. The molecule has 9 aromatic carbocycles. The third-order valence-corrected chi connectivity index (χ3v) is 15.0. The van der Waals surface area contributed by atoms with Gasteiger partial charge in [0.25, 0.3) is 0 Å². The van der Waals surface area contributed by atoms with Crippen LogP contribution in [0.15, 0.2) is 214 Å². The number of aromatic nitrogens is 2. The summed E-state index contributed by atoms with van der Waals surface area (Å²) in [6, 6.07) is 66.5. The number of benzene rings is 9. The van der Waals surface area contributed by atoms with Gasteiger partial charge in [0, 0.05) is 24.9 Å². The van der Waals surface area contributed by atoms with E-state index in [9.17, 15) is 28.8 Å². The molecule has 0 aliphatic carbocycles. The number of primary amides is 3. The molecule has 14 heteroatoms. The van der Waals surface area contributed by atoms with Gasteiger partial charge in [0.15, 0.2) is 5.58 Å². The highest BCUT2D eigenvalue weighted by atomic mass is 32.1. The first-order chi connectivity index (χ1) is 39.3. The second-order valence-electron chi connectivity index (χ2n) is 19.6. The molecule has 4 amide bonds. The number of hydrogen-bond acceptors (Lipinski definition) is 8. The Labute approximate surface area is 470 Å². The maximum atomic E-state index is 11.9. The minimum Gasteiger partial charge on any atom is -0.408 e. The summed E-state index contributed by atoms with van der Waals surface area (Å²) in [5.74, 6) is -1.43. The molecule has 0 fully saturated rings. The number of hydrogen-bond donors (Lipinski definition) is 6. The fourth-order valence-corrected chi connectivity index (χ4v) is 10.9. The van der Waals surface area contributed by atoms with Crippen LogP contribution in [0.3, 0.4) is 0 Å². The standard InChI is InChI=1S/C23H20N2O2.C22H18N2O3.C22H18N2O2S/c24-22(26)12-10-17-13-16(15-5-2-1-3-6-15)9-11-18(17)19-7-4-8-21-20(19)14-23(27)25-21;2*23-21(25)11-8-16-12-15(14-4-2-1-3-5-14)6-9-18(16)17-7-10-20-19(13-17)24-22(26)27-20/h1-9,11,13H,10,12,14H2,(H2,24,26)(H,25,27);2*1-7,9-10,12-13H,8,11H2,(H2,23,25)(H,24,26). The Morgan fingerprint density at radius 3 is 1.40 bits per heavy atom. The summed E-state index contributed by atoms with van der Waals surface area (Å²) in [5.41, 5.74) is 35.9. The summed E-state index contributed by atoms with van der Waals surface area (Å²) in [5, 5.41) is 2.90. The van der Waals surface area contributed by atoms with Gasteiger partial charge in [-0.1, -0.05) is 181 Å². The molecule has 0 spiro atoms. The van der Waals surface area contributed by atoms with Crippen LogP contribution in [0.25, 0.3) is 88.1 Å². The third kappa shape index (κ3) is 13.2. The number of amides is 4. The van der Waals surface area contributed by atoms with Gasteiger partial charge < -0.3 is 31.9 Å². The van der Waals surface area contributed by atoms with Gasteiger partial charge in [0.1, 0.15) is 0 Å². The van der Waals surface area contributed by atoms with Crippen LogP contribution >= 0.6 is 11.3 Å². The number of nitrogens with one attached hydrogen (secondary N) is 3. The zero-order valence-corrected chi connectivity index (χ0v) is 44.8. The summed E-state index contributed by atoms with van der Waals surface area (Å²) in [7, 11) is 0. The van der Waals surface area contributed by atoms with E-state index in [4.69, 9.17) is 21.6 Å². The number of aryl methyl sites for hydroxylation is 3. The van der Waals surface area contributed by atoms with Gasteiger partial charge in [-0.15, -0.1) is 0 Å². The molecule has 0 saturated carbocycles. The van der Waals surface area contributed by atoms with Crippen molar-refractivity contribution in [3.05, 3.63) is 243 Å². The van der Waals surface area contributed by atoms with Crippen molar-refractivity contribution in [2.75, 3.05) is 5.32 Å². The van der Waals surface area contributed by atoms with Gasteiger partial charge in [-0.2, -0.15) is 0 Å². The molecule has 0 atom stereocenters. The van der Waals surface area contributed by atoms with E-state index in [1.807, 2.05) is 109 Å². The van der Waals surface area contributed by atoms with E-state index in [2.05, 4.69) is 100 Å². The fourth-order valence-electron chi connectivity index (χ4n) is 10.2. The maximum absolute atomic E-state index is 11.9. The van der Waals surface area contributed by atoms with Crippen molar-refractivity contribution in [3.63, 3.8) is 0 Å². The molecule has 11 aromatic rings. The van der Waals surface area contributed by atoms with Crippen LogP contribution in [0.1, 0.15) is 41.5 Å². The maximum Gasteiger partial charge on any atom is 0.417 e. The molecular weight excluding hydrogens is 1030 g/mol. The molecule has 81 heavy (non-hydrogen) atoms. The van der Waals surface area contributed by atoms with E-state index in [0.29, 0.717) is 43.2 Å². The number of carbonyl (C=O) groups is 4. The number of aromatic amines is 2. The number of anilines is 1. The molecule has 402 valence electrons. The summed E-state index contributed by atoms with van der Waals surface area (Å²) in [4.78, 5) is 74.4. The molecule has 3 heterocycles. The van der Waals surface area contributed by atoms with E-state index in [1.165, 1.54) is 11.3 Å². The normalized spacial score (nSPS) is 11.5. The molecule has 0 bridgehead atoms. The van der Waals surface area contributed by atoms with Gasteiger partial charge in [-0.05, 0) is 139 Å². The Balaban J connectivity index is 0.000000136. The fraction of sp³-hybridized carbons (Fsp3) is 0.104. The highest BCUT2D eigenvalue weighted by Gasteiger charge is 2.23. The SMILES string of the molecule is NC(=O)CCc1cc(-c2ccccc2)ccc1-c1ccc2oc(=O)[nH]c2c1.NC(=O)CCc1cc(-c2ccccc2)ccc1-c1ccc2sc(=O)[nH]c2c1.NC(=O)CCc1cc(-c2ccccc2)ccc1-c1cccc2c1CC(=O)N2. The minimum absolute atomic E-state index is 0.0111. The first-order valence-corrected chi connectivity index (χ1v) is 27.2. The lowest BCUT2D eigenvalue weighted by Gasteiger charge is -2.15. The molecule has 0 unspecified atom stereocenters. The number of thiazole rings is 1. The van der Waals surface area contributed by atoms with Crippen LogP contribution < -0.4 is 33.1 Å². The monoisotopic (exact) mass is 1090 g/mol. The van der Waals surface area contributed by atoms with Crippen molar-refractivity contribution >= 4 is 62.0 Å². The van der Waals surface area contributed by atoms with Crippen molar-refractivity contribution < 1.29 is 23.6 Å². The molecule has 1 aliphatic heterocycles. The summed E-state index contributed by atoms with van der Waals surface area (Å²) >= 11 is 1.20. The van der Waals surface area contributed by atoms with E-state index in [1.54, 1.807) is 6.07 Å². The molecule has 1 aliphatic rings. The molecule has 9 N–H and O–H groups in total. The van der Waals surface area contributed by atoms with E-state index >= 15 is 0 Å². The van der Waals surface area contributed by atoms with Gasteiger partial charge in [-0.3, -0.25) is 29.0 Å². The topological polar surface area (TPSA) is 237 Å². The van der Waals surface area contributed by atoms with Gasteiger partial charge in [0.05, 0.1) is 22.2 Å². The minimum atomic E-state index is -0.476. The number of fused-ring (bicyclic) bond motifs is 3. The van der Waals surface area contributed by atoms with Crippen LogP contribution in [-0.2, 0) is 44.9 Å². The van der Waals surface area contributed by atoms with E-state index < -0.39 is 5.76 Å². The average Bonchev–Trinajstić information content (AvgIpc) is 4.35. The average molecular weight is 1090 g/mol. The number of oxazole rings is 1. The lowest BCUT2D eigenvalue weighted by atomic mass is 9.89. The summed E-state index contributed by atoms with van der Waals surface area (Å²) in [6.45, 7) is 0. The molecule has 12 rings (SSSR count). The molecule has 2 aromatic heterocycles. The van der Waals surface area contributed by atoms with Crippen molar-refractivity contribution in [2.45, 2.75) is 44.9 Å². The van der Waals surface area contributed by atoms with E-state index in [-0.39, 0.29) is 41.3 Å². The molecule has 13 nitrogen and oxygen atoms in total. The Morgan fingerprint density at radius 1 is 0.432 bits per heavy atom. The molecular formula is C67H56N6O7S. The summed E-state index contributed by atoms with van der Waals surface area (Å²) < 4.78 is 6.01. The van der Waals surface area contributed by atoms with Gasteiger partial charge in [-0.25, -0.2) is 4.79 Å². The third-order valence-electron chi connectivity index (χ3n) is 14.1. The second kappa shape index (κ2) is 24.7. The van der Waals surface area contributed by atoms with E-state index in [0.717, 1.165) is 105 Å². The quantitative estimate of drug-likeness (QED) is 0.0580. The predicted octanol–water partition coefficient (Wildman–Crippen LogP) is 12.1. The lowest BCUT2D eigenvalue weighted by molar-refractivity contribution is -0.118. The van der Waals surface area contributed by atoms with Crippen molar-refractivity contribution in [3.8, 4) is 66.8 Å². The predicted molar refractivity (Wildman–Crippen MR) is 323 cm³/mol. The zero-order valence-electron chi connectivity index (χ0n) is 44.0. The lowest BCUT2D eigenvalue weighted by Crippen LogP contribution is -2.11. The van der Waals surface area contributed by atoms with Crippen LogP contribution in [0.4, 0.5) is 5.69 Å². The van der Waals surface area contributed by atoms with Crippen molar-refractivity contribution in [2.24, 2.45) is 17.2 Å². The summed E-state index contributed by atoms with van der Waals surface area (Å²) in [6.07, 6.45) is 2.92. The Hall–Kier alpha value is -10.2. The van der Waals surface area contributed by atoms with Crippen molar-refractivity contribution in [1.29, 1.82) is 0 Å². The second-order valence-corrected chi connectivity index (χ2v) is 20.6. The molecule has 0 radical (unpaired) electrons. The van der Waals surface area contributed by atoms with Crippen LogP contribution in [0, 0.1) is 0 Å². The van der Waals surface area contributed by atoms with Gasteiger partial charge in [0.2, 0.25) is 23.6 Å². The van der Waals surface area contributed by atoms with Crippen LogP contribution in [0.2, 0.25) is 0 Å². The van der Waals surface area contributed by atoms with Crippen LogP contribution in [0.5, 0.6) is 0 Å². The number of carbonyl (C=O) groups excluding carboxylic acids is 4. The van der Waals surface area contributed by atoms with Crippen molar-refractivity contribution in [1.82, 2.24) is 9.97 Å². The largest absolute Gasteiger partial charge is 0.417 e. The number of rotatable bonds is 15. The van der Waals surface area contributed by atoms with Gasteiger partial charge >= 0.3 is 10.6 Å². The Bertz CT molecular complexity index is 4050. The Morgan fingerprint density at radius 2 is 0.889 bits per heavy atom.